The smallest absolute Gasteiger partial charge is 0.252 e. The lowest BCUT2D eigenvalue weighted by Crippen LogP contribution is -2.34. The Hall–Kier alpha value is -1.75. The van der Waals surface area contributed by atoms with E-state index in [1.54, 1.807) is 25.2 Å². The van der Waals surface area contributed by atoms with Gasteiger partial charge < -0.3 is 16.0 Å². The van der Waals surface area contributed by atoms with Crippen LogP contribution in [-0.2, 0) is 4.79 Å². The molecule has 0 heterocycles. The van der Waals surface area contributed by atoms with Gasteiger partial charge in [-0.05, 0) is 37.0 Å². The average Bonchev–Trinajstić information content (AvgIpc) is 2.58. The Balaban J connectivity index is 1.77. The van der Waals surface area contributed by atoms with Gasteiger partial charge >= 0.3 is 0 Å². The molecule has 126 valence electrons. The van der Waals surface area contributed by atoms with E-state index in [0.29, 0.717) is 16.5 Å². The highest BCUT2D eigenvalue weighted by atomic mass is 35.5. The summed E-state index contributed by atoms with van der Waals surface area (Å²) in [5, 5.41) is 8.90. The third kappa shape index (κ3) is 5.43. The molecule has 1 fully saturated rings. The van der Waals surface area contributed by atoms with Crippen molar-refractivity contribution >= 4 is 29.1 Å². The summed E-state index contributed by atoms with van der Waals surface area (Å²) < 4.78 is 0. The lowest BCUT2D eigenvalue weighted by molar-refractivity contribution is -0.119. The predicted octanol–water partition coefficient (Wildman–Crippen LogP) is 2.81. The molecule has 0 spiro atoms. The molecule has 1 aliphatic rings. The molecule has 0 aromatic heterocycles. The zero-order valence-corrected chi connectivity index (χ0v) is 14.2. The fraction of sp³-hybridized carbons (Fsp3) is 0.529. The monoisotopic (exact) mass is 337 g/mol. The van der Waals surface area contributed by atoms with Gasteiger partial charge in [0.05, 0.1) is 17.1 Å². The highest BCUT2D eigenvalue weighted by Crippen LogP contribution is 2.23. The molecule has 0 atom stereocenters. The molecule has 3 N–H and O–H groups in total. The summed E-state index contributed by atoms with van der Waals surface area (Å²) in [5.41, 5.74) is 1.14. The van der Waals surface area contributed by atoms with Crippen molar-refractivity contribution in [1.82, 2.24) is 10.6 Å². The van der Waals surface area contributed by atoms with Crippen LogP contribution in [0.25, 0.3) is 0 Å². The molecule has 23 heavy (non-hydrogen) atoms. The minimum Gasteiger partial charge on any atom is -0.376 e. The number of hydrogen-bond acceptors (Lipinski definition) is 3. The minimum atomic E-state index is -0.230. The van der Waals surface area contributed by atoms with Crippen LogP contribution in [0.2, 0.25) is 5.02 Å². The van der Waals surface area contributed by atoms with E-state index in [2.05, 4.69) is 16.0 Å². The minimum absolute atomic E-state index is 0.0259. The van der Waals surface area contributed by atoms with Crippen LogP contribution >= 0.6 is 11.6 Å². The third-order valence-corrected chi connectivity index (χ3v) is 4.52. The van der Waals surface area contributed by atoms with E-state index in [1.807, 2.05) is 0 Å². The highest BCUT2D eigenvalue weighted by molar-refractivity contribution is 6.34. The van der Waals surface area contributed by atoms with Crippen LogP contribution in [0, 0.1) is 5.92 Å². The Kier molecular flexibility index (Phi) is 6.71. The van der Waals surface area contributed by atoms with Crippen molar-refractivity contribution in [3.63, 3.8) is 0 Å². The summed E-state index contributed by atoms with van der Waals surface area (Å²) in [6.07, 6.45) is 6.29. The first kappa shape index (κ1) is 17.6. The molecule has 1 aromatic rings. The van der Waals surface area contributed by atoms with E-state index >= 15 is 0 Å². The first-order chi connectivity index (χ1) is 11.1. The summed E-state index contributed by atoms with van der Waals surface area (Å²) in [4.78, 5) is 23.5. The summed E-state index contributed by atoms with van der Waals surface area (Å²) in [6, 6.07) is 5.04. The molecule has 1 aliphatic carbocycles. The van der Waals surface area contributed by atoms with Crippen LogP contribution in [0.5, 0.6) is 0 Å². The SMILES string of the molecule is CNC(=O)c1ccc(NCC(=O)NCC2CCCCC2)cc1Cl. The maximum Gasteiger partial charge on any atom is 0.252 e. The van der Waals surface area contributed by atoms with E-state index in [9.17, 15) is 9.59 Å². The van der Waals surface area contributed by atoms with E-state index in [4.69, 9.17) is 11.6 Å². The first-order valence-electron chi connectivity index (χ1n) is 8.12. The van der Waals surface area contributed by atoms with Gasteiger partial charge in [-0.25, -0.2) is 0 Å². The summed E-state index contributed by atoms with van der Waals surface area (Å²) in [5.74, 6) is 0.364. The summed E-state index contributed by atoms with van der Waals surface area (Å²) >= 11 is 6.08. The molecule has 2 rings (SSSR count). The quantitative estimate of drug-likeness (QED) is 0.747. The molecule has 1 saturated carbocycles. The van der Waals surface area contributed by atoms with Gasteiger partial charge in [-0.1, -0.05) is 30.9 Å². The molecule has 1 aromatic carbocycles. The maximum absolute atomic E-state index is 11.9. The molecule has 0 radical (unpaired) electrons. The predicted molar refractivity (Wildman–Crippen MR) is 92.9 cm³/mol. The zero-order valence-electron chi connectivity index (χ0n) is 13.5. The van der Waals surface area contributed by atoms with Gasteiger partial charge in [0, 0.05) is 19.3 Å². The van der Waals surface area contributed by atoms with E-state index in [1.165, 1.54) is 32.1 Å². The number of carbonyl (C=O) groups excluding carboxylic acids is 2. The van der Waals surface area contributed by atoms with Crippen molar-refractivity contribution in [1.29, 1.82) is 0 Å². The Labute approximate surface area is 142 Å². The van der Waals surface area contributed by atoms with E-state index in [-0.39, 0.29) is 18.4 Å². The standard InChI is InChI=1S/C17H24ClN3O2/c1-19-17(23)14-8-7-13(9-15(14)18)20-11-16(22)21-10-12-5-3-2-4-6-12/h7-9,12,20H,2-6,10-11H2,1H3,(H,19,23)(H,21,22). The second-order valence-corrected chi connectivity index (χ2v) is 6.34. The number of halogens is 1. The van der Waals surface area contributed by atoms with Crippen LogP contribution in [0.15, 0.2) is 18.2 Å². The second-order valence-electron chi connectivity index (χ2n) is 5.94. The van der Waals surface area contributed by atoms with Crippen molar-refractivity contribution < 1.29 is 9.59 Å². The highest BCUT2D eigenvalue weighted by Gasteiger charge is 2.14. The Bertz CT molecular complexity index is 557. The first-order valence-corrected chi connectivity index (χ1v) is 8.50. The Morgan fingerprint density at radius 3 is 2.61 bits per heavy atom. The fourth-order valence-corrected chi connectivity index (χ4v) is 3.10. The number of anilines is 1. The van der Waals surface area contributed by atoms with Gasteiger partial charge in [-0.3, -0.25) is 9.59 Å². The molecule has 2 amide bonds. The molecular weight excluding hydrogens is 314 g/mol. The largest absolute Gasteiger partial charge is 0.376 e. The Morgan fingerprint density at radius 2 is 1.96 bits per heavy atom. The number of hydrogen-bond donors (Lipinski definition) is 3. The average molecular weight is 338 g/mol. The van der Waals surface area contributed by atoms with Gasteiger partial charge in [0.2, 0.25) is 5.91 Å². The number of carbonyl (C=O) groups is 2. The van der Waals surface area contributed by atoms with Crippen LogP contribution in [0.3, 0.4) is 0 Å². The van der Waals surface area contributed by atoms with Crippen molar-refractivity contribution in [2.24, 2.45) is 5.92 Å². The molecular formula is C17H24ClN3O2. The Morgan fingerprint density at radius 1 is 1.22 bits per heavy atom. The van der Waals surface area contributed by atoms with Gasteiger partial charge in [-0.2, -0.15) is 0 Å². The van der Waals surface area contributed by atoms with Crippen LogP contribution in [0.1, 0.15) is 42.5 Å². The van der Waals surface area contributed by atoms with E-state index in [0.717, 1.165) is 12.2 Å². The normalized spacial score (nSPS) is 15.0. The molecule has 6 heteroatoms. The van der Waals surface area contributed by atoms with E-state index < -0.39 is 0 Å². The number of nitrogens with one attached hydrogen (secondary N) is 3. The van der Waals surface area contributed by atoms with Gasteiger partial charge in [-0.15, -0.1) is 0 Å². The summed E-state index contributed by atoms with van der Waals surface area (Å²) in [7, 11) is 1.56. The number of rotatable bonds is 6. The fourth-order valence-electron chi connectivity index (χ4n) is 2.84. The van der Waals surface area contributed by atoms with Crippen molar-refractivity contribution in [3.05, 3.63) is 28.8 Å². The van der Waals surface area contributed by atoms with Gasteiger partial charge in [0.1, 0.15) is 0 Å². The number of amides is 2. The second kappa shape index (κ2) is 8.77. The summed E-state index contributed by atoms with van der Waals surface area (Å²) in [6.45, 7) is 0.958. The molecule has 0 bridgehead atoms. The number of benzene rings is 1. The lowest BCUT2D eigenvalue weighted by atomic mass is 9.89. The third-order valence-electron chi connectivity index (χ3n) is 4.21. The maximum atomic E-state index is 11.9. The van der Waals surface area contributed by atoms with Crippen molar-refractivity contribution in [2.45, 2.75) is 32.1 Å². The molecule has 0 unspecified atom stereocenters. The molecule has 0 saturated heterocycles. The lowest BCUT2D eigenvalue weighted by Gasteiger charge is -2.21. The van der Waals surface area contributed by atoms with Crippen molar-refractivity contribution in [2.75, 3.05) is 25.5 Å². The van der Waals surface area contributed by atoms with Gasteiger partial charge in [0.25, 0.3) is 5.91 Å². The topological polar surface area (TPSA) is 70.2 Å². The van der Waals surface area contributed by atoms with Crippen LogP contribution in [0.4, 0.5) is 5.69 Å². The molecule has 5 nitrogen and oxygen atoms in total. The van der Waals surface area contributed by atoms with Crippen LogP contribution < -0.4 is 16.0 Å². The van der Waals surface area contributed by atoms with Gasteiger partial charge in [0.15, 0.2) is 0 Å². The van der Waals surface area contributed by atoms with Crippen molar-refractivity contribution in [3.8, 4) is 0 Å². The zero-order chi connectivity index (χ0) is 16.7. The molecule has 0 aliphatic heterocycles. The van der Waals surface area contributed by atoms with Crippen LogP contribution in [-0.4, -0.2) is 32.0 Å².